The minimum absolute atomic E-state index is 0.141. The van der Waals surface area contributed by atoms with Crippen molar-refractivity contribution in [3.63, 3.8) is 0 Å². The smallest absolute Gasteiger partial charge is 0.303 e. The molecule has 158 valence electrons. The fraction of sp³-hybridized carbons (Fsp3) is 0.909. The summed E-state index contributed by atoms with van der Waals surface area (Å²) in [5, 5.41) is 19.3. The van der Waals surface area contributed by atoms with Crippen LogP contribution in [0.1, 0.15) is 97.8 Å². The van der Waals surface area contributed by atoms with Gasteiger partial charge in [0.25, 0.3) is 0 Å². The van der Waals surface area contributed by atoms with Gasteiger partial charge in [-0.3, -0.25) is 9.59 Å². The lowest BCUT2D eigenvalue weighted by Crippen LogP contribution is -2.20. The van der Waals surface area contributed by atoms with E-state index in [-0.39, 0.29) is 18.4 Å². The number of rotatable bonds is 14. The summed E-state index contributed by atoms with van der Waals surface area (Å²) >= 11 is 1.79. The molecule has 1 saturated carbocycles. The fourth-order valence-corrected chi connectivity index (χ4v) is 5.21. The van der Waals surface area contributed by atoms with Gasteiger partial charge in [0.05, 0.1) is 6.10 Å². The number of carbonyl (C=O) groups is 2. The summed E-state index contributed by atoms with van der Waals surface area (Å²) in [6, 6.07) is 0. The highest BCUT2D eigenvalue weighted by molar-refractivity contribution is 8.00. The zero-order chi connectivity index (χ0) is 20.3. The van der Waals surface area contributed by atoms with E-state index in [1.807, 2.05) is 0 Å². The molecule has 1 aliphatic carbocycles. The van der Waals surface area contributed by atoms with Crippen molar-refractivity contribution in [3.8, 4) is 0 Å². The Bertz CT molecular complexity index is 444. The highest BCUT2D eigenvalue weighted by Gasteiger charge is 2.34. The van der Waals surface area contributed by atoms with E-state index < -0.39 is 5.97 Å². The van der Waals surface area contributed by atoms with E-state index in [4.69, 9.17) is 5.11 Å². The number of thioether (sulfide) groups is 1. The van der Waals surface area contributed by atoms with Gasteiger partial charge in [-0.1, -0.05) is 52.9 Å². The second kappa shape index (κ2) is 12.8. The largest absolute Gasteiger partial charge is 0.481 e. The molecule has 5 heteroatoms. The molecule has 0 aromatic rings. The Morgan fingerprint density at radius 1 is 1.15 bits per heavy atom. The first-order valence-corrected chi connectivity index (χ1v) is 11.8. The van der Waals surface area contributed by atoms with Gasteiger partial charge in [0.1, 0.15) is 5.78 Å². The number of hydrogen-bond acceptors (Lipinski definition) is 4. The zero-order valence-electron chi connectivity index (χ0n) is 17.5. The molecule has 3 unspecified atom stereocenters. The van der Waals surface area contributed by atoms with Gasteiger partial charge in [-0.05, 0) is 37.5 Å². The Morgan fingerprint density at radius 2 is 1.85 bits per heavy atom. The molecule has 4 nitrogen and oxygen atoms in total. The van der Waals surface area contributed by atoms with Gasteiger partial charge >= 0.3 is 5.97 Å². The molecular formula is C22H40O4S. The second-order valence-corrected chi connectivity index (χ2v) is 10.6. The standard InChI is InChI=1S/C22H40O4S/c1-22(2,3)15-9-8-10-17(23)16-27-20-14-13-19(24)18(20)11-6-4-5-7-12-21(25)26/h17-18,20,23H,4-16H2,1-3H3,(H,25,26). The fourth-order valence-electron chi connectivity index (χ4n) is 3.77. The number of hydrogen-bond donors (Lipinski definition) is 2. The van der Waals surface area contributed by atoms with Crippen LogP contribution in [0.15, 0.2) is 0 Å². The molecule has 0 heterocycles. The van der Waals surface area contributed by atoms with Crippen LogP contribution >= 0.6 is 11.8 Å². The van der Waals surface area contributed by atoms with Crippen LogP contribution < -0.4 is 0 Å². The monoisotopic (exact) mass is 400 g/mol. The van der Waals surface area contributed by atoms with Crippen molar-refractivity contribution in [2.24, 2.45) is 11.3 Å². The maximum absolute atomic E-state index is 12.2. The van der Waals surface area contributed by atoms with Crippen LogP contribution in [0, 0.1) is 11.3 Å². The lowest BCUT2D eigenvalue weighted by atomic mass is 9.89. The van der Waals surface area contributed by atoms with Gasteiger partial charge in [0.15, 0.2) is 0 Å². The Labute approximate surface area is 169 Å². The van der Waals surface area contributed by atoms with Gasteiger partial charge in [-0.25, -0.2) is 0 Å². The number of carbonyl (C=O) groups excluding carboxylic acids is 1. The first kappa shape index (κ1) is 24.5. The second-order valence-electron chi connectivity index (χ2n) is 9.29. The molecule has 0 spiro atoms. The predicted molar refractivity (Wildman–Crippen MR) is 113 cm³/mol. The number of Topliss-reactive ketones (excluding diaryl/α,β-unsaturated/α-hetero) is 1. The molecule has 0 aliphatic heterocycles. The third kappa shape index (κ3) is 11.8. The van der Waals surface area contributed by atoms with Gasteiger partial charge < -0.3 is 10.2 Å². The topological polar surface area (TPSA) is 74.6 Å². The van der Waals surface area contributed by atoms with E-state index in [2.05, 4.69) is 20.8 Å². The molecule has 1 fully saturated rings. The van der Waals surface area contributed by atoms with Crippen molar-refractivity contribution in [3.05, 3.63) is 0 Å². The SMILES string of the molecule is CC(C)(C)CCCCC(O)CSC1CCC(=O)C1CCCCCCC(=O)O. The maximum atomic E-state index is 12.2. The molecule has 0 aromatic carbocycles. The molecule has 1 rings (SSSR count). The predicted octanol–water partition coefficient (Wildman–Crippen LogP) is 5.46. The van der Waals surface area contributed by atoms with Crippen LogP contribution in [0.3, 0.4) is 0 Å². The normalized spacial score (nSPS) is 21.6. The van der Waals surface area contributed by atoms with Crippen molar-refractivity contribution in [1.29, 1.82) is 0 Å². The third-order valence-electron chi connectivity index (χ3n) is 5.41. The number of aliphatic carboxylic acids is 1. The zero-order valence-corrected chi connectivity index (χ0v) is 18.4. The summed E-state index contributed by atoms with van der Waals surface area (Å²) < 4.78 is 0. The van der Waals surface area contributed by atoms with Crippen LogP contribution in [-0.4, -0.2) is 39.1 Å². The number of ketones is 1. The minimum Gasteiger partial charge on any atom is -0.481 e. The molecule has 0 aromatic heterocycles. The maximum Gasteiger partial charge on any atom is 0.303 e. The molecule has 0 saturated heterocycles. The Kier molecular flexibility index (Phi) is 11.6. The van der Waals surface area contributed by atoms with Gasteiger partial charge in [-0.15, -0.1) is 0 Å². The first-order valence-electron chi connectivity index (χ1n) is 10.7. The molecule has 27 heavy (non-hydrogen) atoms. The summed E-state index contributed by atoms with van der Waals surface area (Å²) in [4.78, 5) is 22.7. The number of carboxylic acids is 1. The number of aliphatic hydroxyl groups excluding tert-OH is 1. The highest BCUT2D eigenvalue weighted by atomic mass is 32.2. The summed E-state index contributed by atoms with van der Waals surface area (Å²) in [5.41, 5.74) is 0.366. The van der Waals surface area contributed by atoms with E-state index in [0.717, 1.165) is 63.5 Å². The summed E-state index contributed by atoms with van der Waals surface area (Å²) in [6.45, 7) is 6.76. The van der Waals surface area contributed by atoms with Crippen LogP contribution in [0.5, 0.6) is 0 Å². The number of unbranched alkanes of at least 4 members (excludes halogenated alkanes) is 4. The van der Waals surface area contributed by atoms with Crippen molar-refractivity contribution >= 4 is 23.5 Å². The number of carboxylic acid groups (broad SMARTS) is 1. The van der Waals surface area contributed by atoms with Crippen molar-refractivity contribution in [1.82, 2.24) is 0 Å². The van der Waals surface area contributed by atoms with Crippen molar-refractivity contribution < 1.29 is 19.8 Å². The van der Waals surface area contributed by atoms with E-state index in [1.54, 1.807) is 11.8 Å². The first-order chi connectivity index (χ1) is 12.7. The average Bonchev–Trinajstić information content (AvgIpc) is 2.92. The lowest BCUT2D eigenvalue weighted by molar-refractivity contribution is -0.137. The van der Waals surface area contributed by atoms with Crippen LogP contribution in [-0.2, 0) is 9.59 Å². The van der Waals surface area contributed by atoms with Gasteiger partial charge in [0.2, 0.25) is 0 Å². The summed E-state index contributed by atoms with van der Waals surface area (Å²) in [5.74, 6) is 0.539. The Hall–Kier alpha value is -0.550. The van der Waals surface area contributed by atoms with Crippen molar-refractivity contribution in [2.45, 2.75) is 109 Å². The number of aliphatic hydroxyl groups is 1. The van der Waals surface area contributed by atoms with E-state index in [9.17, 15) is 14.7 Å². The van der Waals surface area contributed by atoms with Gasteiger partial charge in [-0.2, -0.15) is 11.8 Å². The van der Waals surface area contributed by atoms with E-state index in [0.29, 0.717) is 22.9 Å². The summed E-state index contributed by atoms with van der Waals surface area (Å²) in [7, 11) is 0. The third-order valence-corrected chi connectivity index (χ3v) is 6.98. The Balaban J connectivity index is 2.18. The minimum atomic E-state index is -0.727. The molecule has 0 amide bonds. The summed E-state index contributed by atoms with van der Waals surface area (Å²) in [6.07, 6.45) is 10.5. The molecular weight excluding hydrogens is 360 g/mol. The molecule has 3 atom stereocenters. The van der Waals surface area contributed by atoms with E-state index in [1.165, 1.54) is 6.42 Å². The molecule has 1 aliphatic rings. The van der Waals surface area contributed by atoms with Crippen LogP contribution in [0.2, 0.25) is 0 Å². The lowest BCUT2D eigenvalue weighted by Gasteiger charge is -2.20. The average molecular weight is 401 g/mol. The van der Waals surface area contributed by atoms with Crippen LogP contribution in [0.4, 0.5) is 0 Å². The van der Waals surface area contributed by atoms with Crippen molar-refractivity contribution in [2.75, 3.05) is 5.75 Å². The molecule has 0 bridgehead atoms. The Morgan fingerprint density at radius 3 is 2.52 bits per heavy atom. The highest BCUT2D eigenvalue weighted by Crippen LogP contribution is 2.36. The quantitative estimate of drug-likeness (QED) is 0.379. The van der Waals surface area contributed by atoms with E-state index >= 15 is 0 Å². The molecule has 0 radical (unpaired) electrons. The molecule has 2 N–H and O–H groups in total. The van der Waals surface area contributed by atoms with Crippen LogP contribution in [0.25, 0.3) is 0 Å². The van der Waals surface area contributed by atoms with Gasteiger partial charge in [0, 0.05) is 29.8 Å².